The smallest absolute Gasteiger partial charge is 0.257 e. The molecule has 0 aliphatic carbocycles. The third kappa shape index (κ3) is 4.87. The molecule has 0 aromatic carbocycles. The summed E-state index contributed by atoms with van der Waals surface area (Å²) >= 11 is 0. The van der Waals surface area contributed by atoms with Gasteiger partial charge in [0, 0.05) is 56.6 Å². The zero-order valence-corrected chi connectivity index (χ0v) is 17.9. The molecule has 31 heavy (non-hydrogen) atoms. The van der Waals surface area contributed by atoms with Crippen molar-refractivity contribution in [2.75, 3.05) is 45.1 Å². The number of piperidine rings is 1. The minimum atomic E-state index is -0.0911. The van der Waals surface area contributed by atoms with Gasteiger partial charge >= 0.3 is 0 Å². The Morgan fingerprint density at radius 1 is 1.16 bits per heavy atom. The molecule has 9 heteroatoms. The van der Waals surface area contributed by atoms with Gasteiger partial charge in [0.25, 0.3) is 5.91 Å². The summed E-state index contributed by atoms with van der Waals surface area (Å²) in [7, 11) is 0. The molecule has 4 heterocycles. The SMILES string of the molecule is C[C@H](CC(=O)N1CCC(c2ccc(C(=O)N3CCOCC3)c(N)n2)CC1)n1cccn1. The Kier molecular flexibility index (Phi) is 6.50. The second-order valence-electron chi connectivity index (χ2n) is 8.27. The zero-order valence-electron chi connectivity index (χ0n) is 17.9. The van der Waals surface area contributed by atoms with Crippen LogP contribution in [0.2, 0.25) is 0 Å². The van der Waals surface area contributed by atoms with Crippen molar-refractivity contribution in [2.45, 2.75) is 38.1 Å². The minimum Gasteiger partial charge on any atom is -0.383 e. The van der Waals surface area contributed by atoms with Gasteiger partial charge < -0.3 is 20.3 Å². The van der Waals surface area contributed by atoms with Gasteiger partial charge in [0.05, 0.1) is 24.8 Å². The predicted molar refractivity (Wildman–Crippen MR) is 115 cm³/mol. The highest BCUT2D eigenvalue weighted by atomic mass is 16.5. The fraction of sp³-hybridized carbons (Fsp3) is 0.545. The Morgan fingerprint density at radius 2 is 1.90 bits per heavy atom. The summed E-state index contributed by atoms with van der Waals surface area (Å²) in [6.07, 6.45) is 5.73. The molecular formula is C22H30N6O3. The van der Waals surface area contributed by atoms with E-state index in [1.807, 2.05) is 34.8 Å². The van der Waals surface area contributed by atoms with Crippen molar-refractivity contribution in [1.82, 2.24) is 24.6 Å². The van der Waals surface area contributed by atoms with Crippen molar-refractivity contribution >= 4 is 17.6 Å². The Labute approximate surface area is 182 Å². The lowest BCUT2D eigenvalue weighted by molar-refractivity contribution is -0.133. The van der Waals surface area contributed by atoms with Gasteiger partial charge in [-0.1, -0.05) is 0 Å². The molecule has 0 bridgehead atoms. The lowest BCUT2D eigenvalue weighted by Crippen LogP contribution is -2.41. The van der Waals surface area contributed by atoms with Crippen LogP contribution in [0.25, 0.3) is 0 Å². The number of nitrogens with two attached hydrogens (primary N) is 1. The van der Waals surface area contributed by atoms with Gasteiger partial charge in [-0.3, -0.25) is 14.3 Å². The van der Waals surface area contributed by atoms with E-state index < -0.39 is 0 Å². The first-order valence-electron chi connectivity index (χ1n) is 10.9. The summed E-state index contributed by atoms with van der Waals surface area (Å²) in [6.45, 7) is 5.66. The predicted octanol–water partition coefficient (Wildman–Crippen LogP) is 1.69. The molecule has 2 saturated heterocycles. The molecule has 0 unspecified atom stereocenters. The second-order valence-corrected chi connectivity index (χ2v) is 8.27. The number of likely N-dealkylation sites (tertiary alicyclic amines) is 1. The zero-order chi connectivity index (χ0) is 21.8. The Morgan fingerprint density at radius 3 is 2.55 bits per heavy atom. The van der Waals surface area contributed by atoms with Gasteiger partial charge in [-0.05, 0) is 38.0 Å². The van der Waals surface area contributed by atoms with Crippen LogP contribution < -0.4 is 5.73 Å². The summed E-state index contributed by atoms with van der Waals surface area (Å²) in [5.74, 6) is 0.579. The van der Waals surface area contributed by atoms with Gasteiger partial charge in [0.2, 0.25) is 5.91 Å². The number of amides is 2. The van der Waals surface area contributed by atoms with Crippen LogP contribution in [0.1, 0.15) is 54.2 Å². The average Bonchev–Trinajstić information content (AvgIpc) is 3.34. The van der Waals surface area contributed by atoms with Crippen LogP contribution in [0, 0.1) is 0 Å². The van der Waals surface area contributed by atoms with E-state index in [1.165, 1.54) is 0 Å². The maximum absolute atomic E-state index is 12.7. The number of anilines is 1. The third-order valence-corrected chi connectivity index (χ3v) is 6.19. The van der Waals surface area contributed by atoms with Crippen molar-refractivity contribution in [3.05, 3.63) is 41.9 Å². The molecule has 2 amide bonds. The largest absolute Gasteiger partial charge is 0.383 e. The molecule has 166 valence electrons. The van der Waals surface area contributed by atoms with Gasteiger partial charge in [0.1, 0.15) is 5.82 Å². The number of pyridine rings is 1. The molecule has 2 aromatic rings. The van der Waals surface area contributed by atoms with Crippen molar-refractivity contribution in [3.63, 3.8) is 0 Å². The van der Waals surface area contributed by atoms with E-state index in [4.69, 9.17) is 10.5 Å². The van der Waals surface area contributed by atoms with Crippen molar-refractivity contribution in [2.24, 2.45) is 0 Å². The Hall–Kier alpha value is -2.94. The highest BCUT2D eigenvalue weighted by Gasteiger charge is 2.27. The van der Waals surface area contributed by atoms with Gasteiger partial charge in [0.15, 0.2) is 0 Å². The Balaban J connectivity index is 1.32. The monoisotopic (exact) mass is 426 g/mol. The lowest BCUT2D eigenvalue weighted by Gasteiger charge is -2.32. The number of nitrogens with zero attached hydrogens (tertiary/aromatic N) is 5. The van der Waals surface area contributed by atoms with E-state index in [2.05, 4.69) is 10.1 Å². The number of carbonyl (C=O) groups is 2. The maximum atomic E-state index is 12.7. The first-order chi connectivity index (χ1) is 15.0. The molecule has 0 saturated carbocycles. The molecule has 0 spiro atoms. The van der Waals surface area contributed by atoms with Crippen LogP contribution in [0.3, 0.4) is 0 Å². The first kappa shape index (κ1) is 21.3. The molecule has 1 atom stereocenters. The average molecular weight is 427 g/mol. The van der Waals surface area contributed by atoms with Gasteiger partial charge in [-0.15, -0.1) is 0 Å². The second kappa shape index (κ2) is 9.47. The molecule has 2 fully saturated rings. The summed E-state index contributed by atoms with van der Waals surface area (Å²) in [4.78, 5) is 33.6. The number of carbonyl (C=O) groups excluding carboxylic acids is 2. The van der Waals surface area contributed by atoms with E-state index >= 15 is 0 Å². The van der Waals surface area contributed by atoms with Crippen molar-refractivity contribution < 1.29 is 14.3 Å². The van der Waals surface area contributed by atoms with E-state index in [0.717, 1.165) is 18.5 Å². The number of aromatic nitrogens is 3. The molecule has 2 N–H and O–H groups in total. The van der Waals surface area contributed by atoms with Crippen LogP contribution in [0.15, 0.2) is 30.6 Å². The topological polar surface area (TPSA) is 107 Å². The molecule has 2 aromatic heterocycles. The summed E-state index contributed by atoms with van der Waals surface area (Å²) in [5.41, 5.74) is 7.50. The van der Waals surface area contributed by atoms with Gasteiger partial charge in [-0.25, -0.2) is 4.98 Å². The van der Waals surface area contributed by atoms with Crippen LogP contribution in [0.5, 0.6) is 0 Å². The highest BCUT2D eigenvalue weighted by molar-refractivity contribution is 5.98. The minimum absolute atomic E-state index is 0.0400. The number of ether oxygens (including phenoxy) is 1. The summed E-state index contributed by atoms with van der Waals surface area (Å²) < 4.78 is 7.12. The van der Waals surface area contributed by atoms with Crippen LogP contribution in [-0.4, -0.2) is 75.8 Å². The maximum Gasteiger partial charge on any atom is 0.257 e. The summed E-state index contributed by atoms with van der Waals surface area (Å²) in [6, 6.07) is 5.61. The van der Waals surface area contributed by atoms with Crippen molar-refractivity contribution in [3.8, 4) is 0 Å². The third-order valence-electron chi connectivity index (χ3n) is 6.19. The molecule has 0 radical (unpaired) electrons. The van der Waals surface area contributed by atoms with E-state index in [1.54, 1.807) is 17.2 Å². The number of nitrogen functional groups attached to an aromatic ring is 1. The number of rotatable bonds is 5. The standard InChI is InChI=1S/C22H30N6O3/c1-16(28-8-2-7-24-28)15-20(29)26-9-5-17(6-10-26)19-4-3-18(21(23)25-19)22(30)27-11-13-31-14-12-27/h2-4,7-8,16-17H,5-6,9-15H2,1H3,(H2,23,25)/t16-/m1/s1. The molecule has 4 rings (SSSR count). The van der Waals surface area contributed by atoms with Crippen LogP contribution in [-0.2, 0) is 9.53 Å². The van der Waals surface area contributed by atoms with E-state index in [9.17, 15) is 9.59 Å². The Bertz CT molecular complexity index is 902. The number of hydrogen-bond acceptors (Lipinski definition) is 6. The molecular weight excluding hydrogens is 396 g/mol. The van der Waals surface area contributed by atoms with Crippen LogP contribution >= 0.6 is 0 Å². The lowest BCUT2D eigenvalue weighted by atomic mass is 9.92. The number of morpholine rings is 1. The normalized spacial score (nSPS) is 18.7. The highest BCUT2D eigenvalue weighted by Crippen LogP contribution is 2.29. The van der Waals surface area contributed by atoms with Gasteiger partial charge in [-0.2, -0.15) is 5.10 Å². The molecule has 2 aliphatic rings. The molecule has 9 nitrogen and oxygen atoms in total. The quantitative estimate of drug-likeness (QED) is 0.780. The fourth-order valence-corrected chi connectivity index (χ4v) is 4.28. The fourth-order valence-electron chi connectivity index (χ4n) is 4.28. The van der Waals surface area contributed by atoms with Crippen LogP contribution in [0.4, 0.5) is 5.82 Å². The summed E-state index contributed by atoms with van der Waals surface area (Å²) in [5, 5.41) is 4.22. The first-order valence-corrected chi connectivity index (χ1v) is 10.9. The van der Waals surface area contributed by atoms with E-state index in [-0.39, 0.29) is 29.6 Å². The van der Waals surface area contributed by atoms with E-state index in [0.29, 0.717) is 51.4 Å². The van der Waals surface area contributed by atoms with Crippen molar-refractivity contribution in [1.29, 1.82) is 0 Å². The molecule has 2 aliphatic heterocycles. The number of hydrogen-bond donors (Lipinski definition) is 1.